The molecule has 1 N–H and O–H groups in total. The van der Waals surface area contributed by atoms with Gasteiger partial charge in [0.25, 0.3) is 0 Å². The molecule has 1 aliphatic rings. The Hall–Kier alpha value is -1.84. The molecule has 0 bridgehead atoms. The Morgan fingerprint density at radius 3 is 2.30 bits per heavy atom. The van der Waals surface area contributed by atoms with Gasteiger partial charge in [-0.3, -0.25) is 9.59 Å². The summed E-state index contributed by atoms with van der Waals surface area (Å²) in [6.45, 7) is 0. The van der Waals surface area contributed by atoms with E-state index in [4.69, 9.17) is 0 Å². The number of nitrogens with zero attached hydrogens (tertiary/aromatic N) is 1. The predicted octanol–water partition coefficient (Wildman–Crippen LogP) is 2.45. The summed E-state index contributed by atoms with van der Waals surface area (Å²) in [5.74, 6) is 0.373. The first-order chi connectivity index (χ1) is 9.56. The smallest absolute Gasteiger partial charge is 0.227 e. The molecule has 4 nitrogen and oxygen atoms in total. The van der Waals surface area contributed by atoms with Gasteiger partial charge in [-0.05, 0) is 30.5 Å². The fourth-order valence-corrected chi connectivity index (χ4v) is 2.47. The third kappa shape index (κ3) is 3.83. The second kappa shape index (κ2) is 6.55. The van der Waals surface area contributed by atoms with Crippen molar-refractivity contribution in [2.45, 2.75) is 32.1 Å². The molecule has 1 aromatic rings. The molecular weight excluding hydrogens is 252 g/mol. The summed E-state index contributed by atoms with van der Waals surface area (Å²) in [6.07, 6.45) is 4.71. The lowest BCUT2D eigenvalue weighted by Crippen LogP contribution is -2.23. The molecule has 0 aliphatic heterocycles. The number of benzene rings is 1. The zero-order valence-corrected chi connectivity index (χ0v) is 12.2. The quantitative estimate of drug-likeness (QED) is 0.916. The molecule has 20 heavy (non-hydrogen) atoms. The molecule has 2 amide bonds. The third-order valence-corrected chi connectivity index (χ3v) is 3.80. The van der Waals surface area contributed by atoms with Gasteiger partial charge in [-0.1, -0.05) is 25.0 Å². The van der Waals surface area contributed by atoms with Gasteiger partial charge in [-0.25, -0.2) is 0 Å². The van der Waals surface area contributed by atoms with Gasteiger partial charge < -0.3 is 10.2 Å². The first-order valence-corrected chi connectivity index (χ1v) is 7.16. The average molecular weight is 274 g/mol. The summed E-state index contributed by atoms with van der Waals surface area (Å²) in [4.78, 5) is 25.2. The molecule has 0 atom stereocenters. The van der Waals surface area contributed by atoms with Crippen LogP contribution in [0.25, 0.3) is 0 Å². The van der Waals surface area contributed by atoms with Crippen molar-refractivity contribution in [1.29, 1.82) is 0 Å². The van der Waals surface area contributed by atoms with Crippen LogP contribution in [0.3, 0.4) is 0 Å². The molecule has 4 heteroatoms. The number of hydrogen-bond acceptors (Lipinski definition) is 2. The van der Waals surface area contributed by atoms with Gasteiger partial charge in [0.05, 0.1) is 6.42 Å². The zero-order valence-electron chi connectivity index (χ0n) is 12.2. The van der Waals surface area contributed by atoms with Crippen LogP contribution in [0.1, 0.15) is 31.2 Å². The lowest BCUT2D eigenvalue weighted by molar-refractivity contribution is -0.128. The molecule has 0 radical (unpaired) electrons. The van der Waals surface area contributed by atoms with Crippen LogP contribution in [0.4, 0.5) is 5.69 Å². The lowest BCUT2D eigenvalue weighted by Gasteiger charge is -2.12. The van der Waals surface area contributed by atoms with E-state index in [0.29, 0.717) is 6.42 Å². The highest BCUT2D eigenvalue weighted by Gasteiger charge is 2.22. The van der Waals surface area contributed by atoms with Gasteiger partial charge in [0.15, 0.2) is 0 Å². The van der Waals surface area contributed by atoms with Gasteiger partial charge in [0.2, 0.25) is 11.8 Å². The Kier molecular flexibility index (Phi) is 4.77. The molecule has 2 rings (SSSR count). The highest BCUT2D eigenvalue weighted by Crippen LogP contribution is 2.26. The molecule has 0 heterocycles. The van der Waals surface area contributed by atoms with E-state index in [1.54, 1.807) is 19.0 Å². The molecule has 0 spiro atoms. The van der Waals surface area contributed by atoms with Crippen LogP contribution in [0.2, 0.25) is 0 Å². The summed E-state index contributed by atoms with van der Waals surface area (Å²) in [5, 5.41) is 2.95. The van der Waals surface area contributed by atoms with Gasteiger partial charge in [-0.15, -0.1) is 0 Å². The van der Waals surface area contributed by atoms with Crippen molar-refractivity contribution in [3.63, 3.8) is 0 Å². The highest BCUT2D eigenvalue weighted by molar-refractivity contribution is 5.92. The first-order valence-electron chi connectivity index (χ1n) is 7.16. The van der Waals surface area contributed by atoms with E-state index in [1.165, 1.54) is 0 Å². The van der Waals surface area contributed by atoms with Crippen molar-refractivity contribution in [2.24, 2.45) is 5.92 Å². The van der Waals surface area contributed by atoms with Crippen molar-refractivity contribution in [3.8, 4) is 0 Å². The molecular formula is C16H22N2O2. The minimum atomic E-state index is 0.0766. The molecule has 108 valence electrons. The fraction of sp³-hybridized carbons (Fsp3) is 0.500. The van der Waals surface area contributed by atoms with Gasteiger partial charge >= 0.3 is 0 Å². The van der Waals surface area contributed by atoms with Crippen LogP contribution in [0.15, 0.2) is 24.3 Å². The third-order valence-electron chi connectivity index (χ3n) is 3.80. The van der Waals surface area contributed by atoms with E-state index < -0.39 is 0 Å². The molecule has 0 aromatic heterocycles. The van der Waals surface area contributed by atoms with E-state index >= 15 is 0 Å². The number of nitrogens with one attached hydrogen (secondary N) is 1. The summed E-state index contributed by atoms with van der Waals surface area (Å²) >= 11 is 0. The largest absolute Gasteiger partial charge is 0.349 e. The zero-order chi connectivity index (χ0) is 14.5. The Labute approximate surface area is 120 Å². The van der Waals surface area contributed by atoms with Crippen LogP contribution in [0, 0.1) is 5.92 Å². The van der Waals surface area contributed by atoms with E-state index in [1.807, 2.05) is 24.3 Å². The number of carbonyl (C=O) groups is 2. The van der Waals surface area contributed by atoms with E-state index in [9.17, 15) is 9.59 Å². The van der Waals surface area contributed by atoms with Crippen LogP contribution < -0.4 is 5.32 Å². The maximum Gasteiger partial charge on any atom is 0.227 e. The Balaban J connectivity index is 1.91. The lowest BCUT2D eigenvalue weighted by atomic mass is 10.1. The van der Waals surface area contributed by atoms with Gasteiger partial charge in [0.1, 0.15) is 0 Å². The number of amides is 2. The minimum absolute atomic E-state index is 0.0766. The molecule has 1 aromatic carbocycles. The number of rotatable bonds is 4. The van der Waals surface area contributed by atoms with Crippen molar-refractivity contribution in [2.75, 3.05) is 19.4 Å². The maximum absolute atomic E-state index is 12.0. The molecule has 0 saturated heterocycles. The Morgan fingerprint density at radius 2 is 1.75 bits per heavy atom. The van der Waals surface area contributed by atoms with Crippen molar-refractivity contribution >= 4 is 17.5 Å². The SMILES string of the molecule is CN(C)C(=O)Cc1ccc(NC(=O)C2CCCC2)cc1. The Bertz CT molecular complexity index is 474. The predicted molar refractivity (Wildman–Crippen MR) is 79.4 cm³/mol. The first kappa shape index (κ1) is 14.6. The summed E-state index contributed by atoms with van der Waals surface area (Å²) in [6, 6.07) is 7.52. The molecule has 1 saturated carbocycles. The highest BCUT2D eigenvalue weighted by atomic mass is 16.2. The van der Waals surface area contributed by atoms with Crippen LogP contribution in [-0.2, 0) is 16.0 Å². The van der Waals surface area contributed by atoms with E-state index in [2.05, 4.69) is 5.32 Å². The van der Waals surface area contributed by atoms with E-state index in [0.717, 1.165) is 36.9 Å². The number of hydrogen-bond donors (Lipinski definition) is 1. The second-order valence-corrected chi connectivity index (χ2v) is 5.63. The number of anilines is 1. The summed E-state index contributed by atoms with van der Waals surface area (Å²) in [5.41, 5.74) is 1.77. The summed E-state index contributed by atoms with van der Waals surface area (Å²) in [7, 11) is 3.50. The van der Waals surface area contributed by atoms with Crippen molar-refractivity contribution in [3.05, 3.63) is 29.8 Å². The van der Waals surface area contributed by atoms with E-state index in [-0.39, 0.29) is 17.7 Å². The van der Waals surface area contributed by atoms with Crippen LogP contribution in [0.5, 0.6) is 0 Å². The normalized spacial score (nSPS) is 15.1. The standard InChI is InChI=1S/C16H22N2O2/c1-18(2)15(19)11-12-7-9-14(10-8-12)17-16(20)13-5-3-4-6-13/h7-10,13H,3-6,11H2,1-2H3,(H,17,20). The number of likely N-dealkylation sites (N-methyl/N-ethyl adjacent to an activating group) is 1. The Morgan fingerprint density at radius 1 is 1.15 bits per heavy atom. The summed E-state index contributed by atoms with van der Waals surface area (Å²) < 4.78 is 0. The van der Waals surface area contributed by atoms with Crippen molar-refractivity contribution < 1.29 is 9.59 Å². The molecule has 1 fully saturated rings. The van der Waals surface area contributed by atoms with Gasteiger partial charge in [-0.2, -0.15) is 0 Å². The topological polar surface area (TPSA) is 49.4 Å². The van der Waals surface area contributed by atoms with Crippen LogP contribution >= 0.6 is 0 Å². The molecule has 0 unspecified atom stereocenters. The van der Waals surface area contributed by atoms with Crippen molar-refractivity contribution in [1.82, 2.24) is 4.90 Å². The average Bonchev–Trinajstić information content (AvgIpc) is 2.95. The number of carbonyl (C=O) groups excluding carboxylic acids is 2. The second-order valence-electron chi connectivity index (χ2n) is 5.63. The fourth-order valence-electron chi connectivity index (χ4n) is 2.47. The maximum atomic E-state index is 12.0. The van der Waals surface area contributed by atoms with Crippen LogP contribution in [-0.4, -0.2) is 30.8 Å². The molecule has 1 aliphatic carbocycles. The van der Waals surface area contributed by atoms with Gasteiger partial charge in [0, 0.05) is 25.7 Å². The monoisotopic (exact) mass is 274 g/mol. The minimum Gasteiger partial charge on any atom is -0.349 e.